The zero-order chi connectivity index (χ0) is 17.8. The first kappa shape index (κ1) is 17.5. The molecule has 0 saturated carbocycles. The number of rotatable bonds is 5. The third-order valence-corrected chi connectivity index (χ3v) is 4.54. The number of aliphatic hydroxyl groups is 1. The molecule has 25 heavy (non-hydrogen) atoms. The number of aryl methyl sites for hydroxylation is 1. The summed E-state index contributed by atoms with van der Waals surface area (Å²) in [6.07, 6.45) is 0. The second-order valence-electron chi connectivity index (χ2n) is 6.06. The fourth-order valence-corrected chi connectivity index (χ4v) is 3.09. The number of ether oxygens (including phenoxy) is 2. The minimum absolute atomic E-state index is 0.0675. The van der Waals surface area contributed by atoms with E-state index in [-0.39, 0.29) is 6.61 Å². The van der Waals surface area contributed by atoms with Gasteiger partial charge in [-0.1, -0.05) is 6.58 Å². The molecule has 0 unspecified atom stereocenters. The molecular formula is C20H24N2O3. The van der Waals surface area contributed by atoms with Crippen molar-refractivity contribution in [2.45, 2.75) is 13.5 Å². The standard InChI is InChI=1S/C20H24N2O3/c1-14-18(15(2)22-8-10-25-11-9-22)5-6-19(21-14)16-4-7-20(24-3)17(12-16)13-23/h4-7,12,23H,2,8-11,13H2,1,3H3. The number of nitrogens with zero attached hydrogens (tertiary/aromatic N) is 2. The summed E-state index contributed by atoms with van der Waals surface area (Å²) in [5.74, 6) is 0.681. The maximum Gasteiger partial charge on any atom is 0.124 e. The van der Waals surface area contributed by atoms with Crippen LogP contribution in [0.25, 0.3) is 17.0 Å². The molecule has 5 heteroatoms. The summed E-state index contributed by atoms with van der Waals surface area (Å²) in [6, 6.07) is 9.79. The van der Waals surface area contributed by atoms with Gasteiger partial charge in [-0.05, 0) is 37.3 Å². The van der Waals surface area contributed by atoms with Crippen molar-refractivity contribution < 1.29 is 14.6 Å². The van der Waals surface area contributed by atoms with E-state index in [2.05, 4.69) is 17.5 Å². The lowest BCUT2D eigenvalue weighted by atomic mass is 10.0. The normalized spacial score (nSPS) is 14.4. The first-order valence-electron chi connectivity index (χ1n) is 8.42. The third-order valence-electron chi connectivity index (χ3n) is 4.54. The predicted molar refractivity (Wildman–Crippen MR) is 98.3 cm³/mol. The van der Waals surface area contributed by atoms with Crippen LogP contribution in [0, 0.1) is 6.92 Å². The summed E-state index contributed by atoms with van der Waals surface area (Å²) >= 11 is 0. The monoisotopic (exact) mass is 340 g/mol. The van der Waals surface area contributed by atoms with Crippen LogP contribution in [0.2, 0.25) is 0 Å². The average Bonchev–Trinajstić information content (AvgIpc) is 2.67. The lowest BCUT2D eigenvalue weighted by molar-refractivity contribution is 0.0640. The van der Waals surface area contributed by atoms with Gasteiger partial charge in [0, 0.05) is 41.2 Å². The highest BCUT2D eigenvalue weighted by atomic mass is 16.5. The maximum atomic E-state index is 9.51. The first-order chi connectivity index (χ1) is 12.1. The van der Waals surface area contributed by atoms with Crippen LogP contribution in [-0.4, -0.2) is 48.4 Å². The van der Waals surface area contributed by atoms with E-state index in [0.717, 1.165) is 60.1 Å². The Hall–Kier alpha value is -2.37. The molecule has 1 N–H and O–H groups in total. The summed E-state index contributed by atoms with van der Waals surface area (Å²) in [7, 11) is 1.60. The lowest BCUT2D eigenvalue weighted by Gasteiger charge is -2.31. The van der Waals surface area contributed by atoms with Crippen molar-refractivity contribution in [1.29, 1.82) is 0 Å². The molecular weight excluding hydrogens is 316 g/mol. The molecule has 2 aromatic rings. The predicted octanol–water partition coefficient (Wildman–Crippen LogP) is 2.86. The van der Waals surface area contributed by atoms with E-state index in [1.165, 1.54) is 0 Å². The summed E-state index contributed by atoms with van der Waals surface area (Å²) in [6.45, 7) is 9.37. The van der Waals surface area contributed by atoms with Crippen molar-refractivity contribution in [2.24, 2.45) is 0 Å². The Balaban J connectivity index is 1.88. The Morgan fingerprint density at radius 1 is 1.28 bits per heavy atom. The second-order valence-corrected chi connectivity index (χ2v) is 6.06. The lowest BCUT2D eigenvalue weighted by Crippen LogP contribution is -2.34. The van der Waals surface area contributed by atoms with E-state index in [4.69, 9.17) is 14.5 Å². The van der Waals surface area contributed by atoms with Gasteiger partial charge in [0.1, 0.15) is 5.75 Å². The minimum atomic E-state index is -0.0675. The minimum Gasteiger partial charge on any atom is -0.496 e. The Bertz CT molecular complexity index is 768. The van der Waals surface area contributed by atoms with Crippen molar-refractivity contribution >= 4 is 5.70 Å². The van der Waals surface area contributed by atoms with E-state index in [1.807, 2.05) is 31.2 Å². The van der Waals surface area contributed by atoms with E-state index in [9.17, 15) is 5.11 Å². The van der Waals surface area contributed by atoms with E-state index >= 15 is 0 Å². The number of morpholine rings is 1. The molecule has 0 amide bonds. The van der Waals surface area contributed by atoms with Crippen LogP contribution in [0.3, 0.4) is 0 Å². The smallest absolute Gasteiger partial charge is 0.124 e. The Labute approximate surface area is 148 Å². The van der Waals surface area contributed by atoms with Crippen LogP contribution in [0.15, 0.2) is 36.9 Å². The number of pyridine rings is 1. The molecule has 0 bridgehead atoms. The molecule has 0 aliphatic carbocycles. The number of hydrogen-bond acceptors (Lipinski definition) is 5. The van der Waals surface area contributed by atoms with Crippen molar-refractivity contribution in [1.82, 2.24) is 9.88 Å². The number of methoxy groups -OCH3 is 1. The fraction of sp³-hybridized carbons (Fsp3) is 0.350. The van der Waals surface area contributed by atoms with Gasteiger partial charge in [-0.25, -0.2) is 0 Å². The van der Waals surface area contributed by atoms with Crippen molar-refractivity contribution in [3.8, 4) is 17.0 Å². The zero-order valence-corrected chi connectivity index (χ0v) is 14.8. The highest BCUT2D eigenvalue weighted by Gasteiger charge is 2.16. The van der Waals surface area contributed by atoms with Gasteiger partial charge >= 0.3 is 0 Å². The summed E-state index contributed by atoms with van der Waals surface area (Å²) in [4.78, 5) is 6.99. The summed E-state index contributed by atoms with van der Waals surface area (Å²) in [5, 5.41) is 9.51. The molecule has 0 atom stereocenters. The van der Waals surface area contributed by atoms with Gasteiger partial charge in [-0.15, -0.1) is 0 Å². The molecule has 1 aliphatic heterocycles. The molecule has 1 fully saturated rings. The van der Waals surface area contributed by atoms with Crippen molar-refractivity contribution in [3.63, 3.8) is 0 Å². The van der Waals surface area contributed by atoms with Gasteiger partial charge in [-0.2, -0.15) is 0 Å². The van der Waals surface area contributed by atoms with Crippen LogP contribution in [-0.2, 0) is 11.3 Å². The molecule has 1 aromatic heterocycles. The topological polar surface area (TPSA) is 54.8 Å². The second kappa shape index (κ2) is 7.68. The highest BCUT2D eigenvalue weighted by Crippen LogP contribution is 2.28. The molecule has 5 nitrogen and oxygen atoms in total. The van der Waals surface area contributed by atoms with Gasteiger partial charge in [-0.3, -0.25) is 4.98 Å². The van der Waals surface area contributed by atoms with Gasteiger partial charge < -0.3 is 19.5 Å². The molecule has 2 heterocycles. The van der Waals surface area contributed by atoms with E-state index < -0.39 is 0 Å². The van der Waals surface area contributed by atoms with E-state index in [0.29, 0.717) is 5.75 Å². The first-order valence-corrected chi connectivity index (χ1v) is 8.42. The van der Waals surface area contributed by atoms with Gasteiger partial charge in [0.15, 0.2) is 0 Å². The number of aromatic nitrogens is 1. The Kier molecular flexibility index (Phi) is 5.36. The zero-order valence-electron chi connectivity index (χ0n) is 14.8. The molecule has 0 spiro atoms. The van der Waals surface area contributed by atoms with Crippen LogP contribution in [0.4, 0.5) is 0 Å². The number of hydrogen-bond donors (Lipinski definition) is 1. The van der Waals surface area contributed by atoms with Crippen molar-refractivity contribution in [2.75, 3.05) is 33.4 Å². The number of aliphatic hydroxyl groups excluding tert-OH is 1. The van der Waals surface area contributed by atoms with Crippen LogP contribution in [0.5, 0.6) is 5.75 Å². The molecule has 3 rings (SSSR count). The Morgan fingerprint density at radius 2 is 2.04 bits per heavy atom. The van der Waals surface area contributed by atoms with Crippen LogP contribution < -0.4 is 4.74 Å². The molecule has 1 aromatic carbocycles. The maximum absolute atomic E-state index is 9.51. The van der Waals surface area contributed by atoms with Crippen LogP contribution >= 0.6 is 0 Å². The van der Waals surface area contributed by atoms with Gasteiger partial charge in [0.05, 0.1) is 32.6 Å². The van der Waals surface area contributed by atoms with Crippen LogP contribution in [0.1, 0.15) is 16.8 Å². The largest absolute Gasteiger partial charge is 0.496 e. The fourth-order valence-electron chi connectivity index (χ4n) is 3.09. The Morgan fingerprint density at radius 3 is 2.68 bits per heavy atom. The molecule has 1 saturated heterocycles. The summed E-state index contributed by atoms with van der Waals surface area (Å²) < 4.78 is 10.7. The average molecular weight is 340 g/mol. The van der Waals surface area contributed by atoms with Gasteiger partial charge in [0.25, 0.3) is 0 Å². The summed E-state index contributed by atoms with van der Waals surface area (Å²) in [5.41, 5.74) is 5.56. The molecule has 1 aliphatic rings. The molecule has 0 radical (unpaired) electrons. The third kappa shape index (κ3) is 3.67. The highest BCUT2D eigenvalue weighted by molar-refractivity contribution is 5.68. The number of benzene rings is 1. The van der Waals surface area contributed by atoms with E-state index in [1.54, 1.807) is 7.11 Å². The van der Waals surface area contributed by atoms with Crippen molar-refractivity contribution in [3.05, 3.63) is 53.7 Å². The van der Waals surface area contributed by atoms with Gasteiger partial charge in [0.2, 0.25) is 0 Å². The molecule has 132 valence electrons. The quantitative estimate of drug-likeness (QED) is 0.907. The SMILES string of the molecule is C=C(c1ccc(-c2ccc(OC)c(CO)c2)nc1C)N1CCOCC1.